The van der Waals surface area contributed by atoms with Crippen LogP contribution in [0.15, 0.2) is 0 Å². The number of carboxylic acids is 1. The van der Waals surface area contributed by atoms with E-state index in [4.69, 9.17) is 5.11 Å². The number of aliphatic carboxylic acids is 1. The van der Waals surface area contributed by atoms with Gasteiger partial charge in [0, 0.05) is 16.6 Å². The van der Waals surface area contributed by atoms with Crippen LogP contribution >= 0.6 is 0 Å². The molecule has 0 aromatic rings. The third-order valence-corrected chi connectivity index (χ3v) is 3.55. The maximum atomic E-state index is 11.3. The summed E-state index contributed by atoms with van der Waals surface area (Å²) in [5.41, 5.74) is 0. The molecule has 0 aliphatic rings. The molecule has 0 heterocycles. The Bertz CT molecular complexity index is 189. The van der Waals surface area contributed by atoms with Gasteiger partial charge in [0.15, 0.2) is 0 Å². The molecule has 0 saturated carbocycles. The second-order valence-electron chi connectivity index (χ2n) is 3.60. The van der Waals surface area contributed by atoms with Crippen LogP contribution in [0.3, 0.4) is 0 Å². The average Bonchev–Trinajstić information content (AvgIpc) is 2.02. The van der Waals surface area contributed by atoms with E-state index in [0.29, 0.717) is 11.7 Å². The average molecular weight is 206 g/mol. The molecule has 0 bridgehead atoms. The molecule has 0 fully saturated rings. The molecule has 78 valence electrons. The predicted octanol–water partition coefficient (Wildman–Crippen LogP) is 1.64. The summed E-state index contributed by atoms with van der Waals surface area (Å²) in [5, 5.41) is 7.84. The third kappa shape index (κ3) is 5.80. The van der Waals surface area contributed by atoms with Gasteiger partial charge in [0.2, 0.25) is 0 Å². The molecule has 0 amide bonds. The molecule has 0 aliphatic carbocycles. The molecule has 1 N–H and O–H groups in total. The standard InChI is InChI=1S/C9H18O3S/c1-7(2)5-4-6-13(12)8(3)9(10)11/h7-8H,4-6H2,1-3H3,(H,10,11). The van der Waals surface area contributed by atoms with Crippen LogP contribution in [-0.4, -0.2) is 26.3 Å². The summed E-state index contributed by atoms with van der Waals surface area (Å²) in [6.07, 6.45) is 1.86. The summed E-state index contributed by atoms with van der Waals surface area (Å²) < 4.78 is 11.3. The van der Waals surface area contributed by atoms with E-state index in [9.17, 15) is 9.00 Å². The highest BCUT2D eigenvalue weighted by molar-refractivity contribution is 7.86. The van der Waals surface area contributed by atoms with Gasteiger partial charge >= 0.3 is 5.97 Å². The number of carbonyl (C=O) groups is 1. The lowest BCUT2D eigenvalue weighted by Gasteiger charge is -2.07. The van der Waals surface area contributed by atoms with E-state index in [1.807, 2.05) is 0 Å². The molecule has 0 aliphatic heterocycles. The highest BCUT2D eigenvalue weighted by Crippen LogP contribution is 2.06. The SMILES string of the molecule is CC(C)CCCS(=O)C(C)C(=O)O. The van der Waals surface area contributed by atoms with Gasteiger partial charge in [-0.05, 0) is 19.3 Å². The fourth-order valence-corrected chi connectivity index (χ4v) is 1.95. The molecule has 2 atom stereocenters. The summed E-state index contributed by atoms with van der Waals surface area (Å²) in [6.45, 7) is 5.70. The van der Waals surface area contributed by atoms with Gasteiger partial charge in [0.1, 0.15) is 5.25 Å². The van der Waals surface area contributed by atoms with E-state index in [0.717, 1.165) is 12.8 Å². The molecule has 3 nitrogen and oxygen atoms in total. The minimum atomic E-state index is -1.21. The van der Waals surface area contributed by atoms with Crippen LogP contribution < -0.4 is 0 Å². The van der Waals surface area contributed by atoms with Crippen LogP contribution in [-0.2, 0) is 15.6 Å². The Hall–Kier alpha value is -0.380. The Balaban J connectivity index is 3.69. The molecule has 0 spiro atoms. The van der Waals surface area contributed by atoms with Crippen LogP contribution in [0.1, 0.15) is 33.6 Å². The minimum absolute atomic E-state index is 0.506. The second-order valence-corrected chi connectivity index (χ2v) is 5.48. The zero-order valence-corrected chi connectivity index (χ0v) is 9.26. The topological polar surface area (TPSA) is 54.4 Å². The Morgan fingerprint density at radius 1 is 1.38 bits per heavy atom. The van der Waals surface area contributed by atoms with Crippen molar-refractivity contribution in [2.24, 2.45) is 5.92 Å². The van der Waals surface area contributed by atoms with Crippen LogP contribution in [0.5, 0.6) is 0 Å². The molecule has 0 rings (SSSR count). The van der Waals surface area contributed by atoms with Crippen molar-refractivity contribution in [2.75, 3.05) is 5.75 Å². The monoisotopic (exact) mass is 206 g/mol. The summed E-state index contributed by atoms with van der Waals surface area (Å²) in [6, 6.07) is 0. The van der Waals surface area contributed by atoms with Gasteiger partial charge in [-0.1, -0.05) is 20.3 Å². The number of hydrogen-bond donors (Lipinski definition) is 1. The molecule has 4 heteroatoms. The molecule has 0 radical (unpaired) electrons. The fourth-order valence-electron chi connectivity index (χ4n) is 0.923. The van der Waals surface area contributed by atoms with Crippen LogP contribution in [0.2, 0.25) is 0 Å². The first-order valence-electron chi connectivity index (χ1n) is 4.55. The van der Waals surface area contributed by atoms with Gasteiger partial charge in [-0.25, -0.2) is 0 Å². The Morgan fingerprint density at radius 3 is 2.31 bits per heavy atom. The Labute approximate surface area is 82.0 Å². The van der Waals surface area contributed by atoms with Gasteiger partial charge in [-0.3, -0.25) is 9.00 Å². The molecular formula is C9H18O3S. The summed E-state index contributed by atoms with van der Waals surface area (Å²) >= 11 is 0. The van der Waals surface area contributed by atoms with Crippen molar-refractivity contribution in [3.8, 4) is 0 Å². The Morgan fingerprint density at radius 2 is 1.92 bits per heavy atom. The lowest BCUT2D eigenvalue weighted by molar-refractivity contribution is -0.136. The van der Waals surface area contributed by atoms with Gasteiger partial charge < -0.3 is 5.11 Å². The van der Waals surface area contributed by atoms with Crippen molar-refractivity contribution in [3.05, 3.63) is 0 Å². The van der Waals surface area contributed by atoms with E-state index < -0.39 is 22.0 Å². The normalized spacial score (nSPS) is 15.7. The van der Waals surface area contributed by atoms with Crippen molar-refractivity contribution in [1.82, 2.24) is 0 Å². The van der Waals surface area contributed by atoms with Gasteiger partial charge in [0.25, 0.3) is 0 Å². The van der Waals surface area contributed by atoms with E-state index in [-0.39, 0.29) is 0 Å². The first-order valence-corrected chi connectivity index (χ1v) is 5.93. The van der Waals surface area contributed by atoms with Gasteiger partial charge in [-0.15, -0.1) is 0 Å². The van der Waals surface area contributed by atoms with Crippen LogP contribution in [0, 0.1) is 5.92 Å². The van der Waals surface area contributed by atoms with Gasteiger partial charge in [-0.2, -0.15) is 0 Å². The van der Waals surface area contributed by atoms with Crippen molar-refractivity contribution in [2.45, 2.75) is 38.9 Å². The van der Waals surface area contributed by atoms with E-state index in [2.05, 4.69) is 13.8 Å². The molecule has 0 saturated heterocycles. The number of rotatable bonds is 6. The van der Waals surface area contributed by atoms with E-state index in [1.165, 1.54) is 6.92 Å². The van der Waals surface area contributed by atoms with Crippen molar-refractivity contribution >= 4 is 16.8 Å². The van der Waals surface area contributed by atoms with Crippen molar-refractivity contribution in [3.63, 3.8) is 0 Å². The van der Waals surface area contributed by atoms with Crippen molar-refractivity contribution < 1.29 is 14.1 Å². The third-order valence-electron chi connectivity index (χ3n) is 1.87. The van der Waals surface area contributed by atoms with Gasteiger partial charge in [0.05, 0.1) is 0 Å². The highest BCUT2D eigenvalue weighted by atomic mass is 32.2. The minimum Gasteiger partial charge on any atom is -0.480 e. The molecule has 0 aromatic heterocycles. The van der Waals surface area contributed by atoms with Crippen molar-refractivity contribution in [1.29, 1.82) is 0 Å². The van der Waals surface area contributed by atoms with E-state index in [1.54, 1.807) is 0 Å². The highest BCUT2D eigenvalue weighted by Gasteiger charge is 2.17. The molecule has 2 unspecified atom stereocenters. The molecule has 0 aromatic carbocycles. The van der Waals surface area contributed by atoms with Crippen LogP contribution in [0.25, 0.3) is 0 Å². The van der Waals surface area contributed by atoms with E-state index >= 15 is 0 Å². The predicted molar refractivity (Wildman–Crippen MR) is 54.2 cm³/mol. The van der Waals surface area contributed by atoms with Crippen LogP contribution in [0.4, 0.5) is 0 Å². The maximum absolute atomic E-state index is 11.3. The molecular weight excluding hydrogens is 188 g/mol. The lowest BCUT2D eigenvalue weighted by Crippen LogP contribution is -2.23. The largest absolute Gasteiger partial charge is 0.480 e. The zero-order valence-electron chi connectivity index (χ0n) is 8.45. The first kappa shape index (κ1) is 12.6. The number of carboxylic acid groups (broad SMARTS) is 1. The molecule has 13 heavy (non-hydrogen) atoms. The smallest absolute Gasteiger partial charge is 0.318 e. The zero-order chi connectivity index (χ0) is 10.4. The summed E-state index contributed by atoms with van der Waals surface area (Å²) in [7, 11) is -1.21. The fraction of sp³-hybridized carbons (Fsp3) is 0.889. The summed E-state index contributed by atoms with van der Waals surface area (Å²) in [4.78, 5) is 10.4. The quantitative estimate of drug-likeness (QED) is 0.719. The number of hydrogen-bond acceptors (Lipinski definition) is 2. The first-order chi connectivity index (χ1) is 5.95. The maximum Gasteiger partial charge on any atom is 0.318 e. The Kier molecular flexibility index (Phi) is 5.95. The lowest BCUT2D eigenvalue weighted by atomic mass is 10.1. The summed E-state index contributed by atoms with van der Waals surface area (Å²) in [5.74, 6) is 0.131. The second kappa shape index (κ2) is 6.13.